The Balaban J connectivity index is 2.62. The van der Waals surface area contributed by atoms with Crippen molar-refractivity contribution in [1.82, 2.24) is 5.32 Å². The summed E-state index contributed by atoms with van der Waals surface area (Å²) in [6.45, 7) is 7.26. The smallest absolute Gasteiger partial charge is 0.242 e. The molecular formula is C14H21N3O3S. The van der Waals surface area contributed by atoms with E-state index in [1.807, 2.05) is 0 Å². The Morgan fingerprint density at radius 3 is 2.38 bits per heavy atom. The third-order valence-corrected chi connectivity index (χ3v) is 4.04. The lowest BCUT2D eigenvalue weighted by Gasteiger charge is -2.15. The van der Waals surface area contributed by atoms with Crippen molar-refractivity contribution < 1.29 is 13.2 Å². The highest BCUT2D eigenvalue weighted by atomic mass is 32.2. The molecule has 1 amide bonds. The van der Waals surface area contributed by atoms with Crippen molar-refractivity contribution in [2.24, 2.45) is 0 Å². The molecule has 0 heterocycles. The molecule has 1 aromatic carbocycles. The molecule has 0 aliphatic rings. The van der Waals surface area contributed by atoms with Gasteiger partial charge in [0.15, 0.2) is 0 Å². The highest BCUT2D eigenvalue weighted by Gasteiger charge is 2.11. The van der Waals surface area contributed by atoms with Crippen LogP contribution in [0.5, 0.6) is 0 Å². The molecule has 21 heavy (non-hydrogen) atoms. The van der Waals surface area contributed by atoms with Crippen molar-refractivity contribution in [3.05, 3.63) is 36.9 Å². The molecule has 0 fully saturated rings. The first kappa shape index (κ1) is 17.0. The fourth-order valence-electron chi connectivity index (χ4n) is 1.53. The second-order valence-corrected chi connectivity index (χ2v) is 6.49. The van der Waals surface area contributed by atoms with Crippen LogP contribution in [0.25, 0.3) is 0 Å². The maximum atomic E-state index is 11.7. The van der Waals surface area contributed by atoms with E-state index in [9.17, 15) is 13.2 Å². The van der Waals surface area contributed by atoms with Gasteiger partial charge in [-0.1, -0.05) is 6.08 Å². The van der Waals surface area contributed by atoms with Gasteiger partial charge in [0.2, 0.25) is 15.9 Å². The summed E-state index contributed by atoms with van der Waals surface area (Å²) in [6, 6.07) is 6.31. The maximum Gasteiger partial charge on any atom is 0.242 e. The van der Waals surface area contributed by atoms with Crippen LogP contribution >= 0.6 is 0 Å². The van der Waals surface area contributed by atoms with E-state index in [1.54, 1.807) is 44.2 Å². The van der Waals surface area contributed by atoms with Crippen LogP contribution < -0.4 is 15.4 Å². The van der Waals surface area contributed by atoms with Crippen molar-refractivity contribution in [2.45, 2.75) is 19.9 Å². The number of anilines is 2. The van der Waals surface area contributed by atoms with Crippen molar-refractivity contribution in [1.29, 1.82) is 0 Å². The number of rotatable bonds is 8. The molecular weight excluding hydrogens is 290 g/mol. The zero-order valence-electron chi connectivity index (χ0n) is 12.2. The van der Waals surface area contributed by atoms with E-state index in [4.69, 9.17) is 0 Å². The molecule has 0 bridgehead atoms. The van der Waals surface area contributed by atoms with E-state index < -0.39 is 16.1 Å². The summed E-state index contributed by atoms with van der Waals surface area (Å²) in [5, 5.41) is 5.72. The predicted molar refractivity (Wildman–Crippen MR) is 85.8 cm³/mol. The first-order chi connectivity index (χ1) is 9.88. The van der Waals surface area contributed by atoms with E-state index in [0.29, 0.717) is 12.2 Å². The summed E-state index contributed by atoms with van der Waals surface area (Å²) in [4.78, 5) is 11.7. The Morgan fingerprint density at radius 1 is 1.29 bits per heavy atom. The van der Waals surface area contributed by atoms with Gasteiger partial charge in [0.05, 0.1) is 5.75 Å². The van der Waals surface area contributed by atoms with Gasteiger partial charge in [-0.15, -0.1) is 6.58 Å². The van der Waals surface area contributed by atoms with Crippen molar-refractivity contribution in [3.8, 4) is 0 Å². The zero-order chi connectivity index (χ0) is 15.9. The van der Waals surface area contributed by atoms with Crippen LogP contribution in [-0.2, 0) is 14.8 Å². The van der Waals surface area contributed by atoms with Crippen LogP contribution in [-0.4, -0.2) is 32.7 Å². The van der Waals surface area contributed by atoms with E-state index >= 15 is 0 Å². The van der Waals surface area contributed by atoms with Crippen LogP contribution in [0, 0.1) is 0 Å². The molecule has 116 valence electrons. The van der Waals surface area contributed by atoms with Gasteiger partial charge in [-0.2, -0.15) is 0 Å². The molecule has 0 radical (unpaired) electrons. The minimum absolute atomic E-state index is 0.0213. The second-order valence-electron chi connectivity index (χ2n) is 4.48. The van der Waals surface area contributed by atoms with E-state index in [-0.39, 0.29) is 11.7 Å². The number of hydrogen-bond acceptors (Lipinski definition) is 4. The molecule has 0 saturated carbocycles. The van der Waals surface area contributed by atoms with Crippen molar-refractivity contribution in [2.75, 3.05) is 22.3 Å². The fourth-order valence-corrected chi connectivity index (χ4v) is 2.17. The van der Waals surface area contributed by atoms with Gasteiger partial charge >= 0.3 is 0 Å². The predicted octanol–water partition coefficient (Wildman–Crippen LogP) is 1.55. The lowest BCUT2D eigenvalue weighted by molar-refractivity contribution is -0.121. The molecule has 1 rings (SSSR count). The topological polar surface area (TPSA) is 87.3 Å². The molecule has 7 heteroatoms. The average Bonchev–Trinajstić information content (AvgIpc) is 2.46. The molecule has 0 aliphatic carbocycles. The van der Waals surface area contributed by atoms with Crippen LogP contribution in [0.15, 0.2) is 36.9 Å². The van der Waals surface area contributed by atoms with Gasteiger partial charge < -0.3 is 10.6 Å². The Hall–Kier alpha value is -2.02. The largest absolute Gasteiger partial charge is 0.374 e. The standard InChI is InChI=1S/C14H21N3O3S/c1-4-10-15-14(18)11(3)16-12-6-8-13(9-7-12)17-21(19,20)5-2/h4,6-9,11,16-17H,1,5,10H2,2-3H3,(H,15,18). The SMILES string of the molecule is C=CCNC(=O)C(C)Nc1ccc(NS(=O)(=O)CC)cc1. The summed E-state index contributed by atoms with van der Waals surface area (Å²) in [7, 11) is -3.28. The average molecular weight is 311 g/mol. The van der Waals surface area contributed by atoms with Crippen LogP contribution in [0.1, 0.15) is 13.8 Å². The molecule has 3 N–H and O–H groups in total. The van der Waals surface area contributed by atoms with Crippen molar-refractivity contribution >= 4 is 27.3 Å². The third kappa shape index (κ3) is 5.86. The summed E-state index contributed by atoms with van der Waals surface area (Å²) < 4.78 is 25.3. The third-order valence-electron chi connectivity index (χ3n) is 2.74. The number of carbonyl (C=O) groups is 1. The van der Waals surface area contributed by atoms with Crippen molar-refractivity contribution in [3.63, 3.8) is 0 Å². The molecule has 0 spiro atoms. The highest BCUT2D eigenvalue weighted by molar-refractivity contribution is 7.92. The summed E-state index contributed by atoms with van der Waals surface area (Å²) in [5.74, 6) is -0.112. The zero-order valence-corrected chi connectivity index (χ0v) is 13.0. The Bertz CT molecular complexity index is 582. The van der Waals surface area contributed by atoms with E-state index in [2.05, 4.69) is 21.9 Å². The Kier molecular flexibility index (Phi) is 6.23. The number of hydrogen-bond donors (Lipinski definition) is 3. The number of carbonyl (C=O) groups excluding carboxylic acids is 1. The lowest BCUT2D eigenvalue weighted by atomic mass is 10.2. The summed E-state index contributed by atoms with van der Waals surface area (Å²) in [6.07, 6.45) is 1.61. The molecule has 0 aliphatic heterocycles. The van der Waals surface area contributed by atoms with Gasteiger partial charge in [-0.3, -0.25) is 9.52 Å². The molecule has 1 unspecified atom stereocenters. The number of sulfonamides is 1. The molecule has 1 aromatic rings. The second kappa shape index (κ2) is 7.68. The maximum absolute atomic E-state index is 11.7. The molecule has 6 nitrogen and oxygen atoms in total. The fraction of sp³-hybridized carbons (Fsp3) is 0.357. The van der Waals surface area contributed by atoms with Crippen LogP contribution in [0.3, 0.4) is 0 Å². The molecule has 0 saturated heterocycles. The summed E-state index contributed by atoms with van der Waals surface area (Å²) in [5.41, 5.74) is 1.22. The quantitative estimate of drug-likeness (QED) is 0.636. The van der Waals surface area contributed by atoms with E-state index in [1.165, 1.54) is 0 Å². The van der Waals surface area contributed by atoms with Gasteiger partial charge in [-0.05, 0) is 38.1 Å². The summed E-state index contributed by atoms with van der Waals surface area (Å²) >= 11 is 0. The Labute approximate surface area is 125 Å². The minimum atomic E-state index is -3.28. The minimum Gasteiger partial charge on any atom is -0.374 e. The monoisotopic (exact) mass is 311 g/mol. The normalized spacial score (nSPS) is 12.3. The number of nitrogens with one attached hydrogen (secondary N) is 3. The molecule has 1 atom stereocenters. The van der Waals surface area contributed by atoms with E-state index in [0.717, 1.165) is 5.69 Å². The molecule has 0 aromatic heterocycles. The number of benzene rings is 1. The first-order valence-corrected chi connectivity index (χ1v) is 8.29. The van der Waals surface area contributed by atoms with Gasteiger partial charge in [-0.25, -0.2) is 8.42 Å². The van der Waals surface area contributed by atoms with Gasteiger partial charge in [0.25, 0.3) is 0 Å². The highest BCUT2D eigenvalue weighted by Crippen LogP contribution is 2.15. The van der Waals surface area contributed by atoms with Gasteiger partial charge in [0.1, 0.15) is 6.04 Å². The van der Waals surface area contributed by atoms with Crippen LogP contribution in [0.2, 0.25) is 0 Å². The first-order valence-electron chi connectivity index (χ1n) is 6.63. The Morgan fingerprint density at radius 2 is 1.86 bits per heavy atom. The number of amides is 1. The lowest BCUT2D eigenvalue weighted by Crippen LogP contribution is -2.37. The van der Waals surface area contributed by atoms with Gasteiger partial charge in [0, 0.05) is 17.9 Å². The van der Waals surface area contributed by atoms with Crippen LogP contribution in [0.4, 0.5) is 11.4 Å².